The van der Waals surface area contributed by atoms with Gasteiger partial charge in [0, 0.05) is 17.6 Å². The highest BCUT2D eigenvalue weighted by Crippen LogP contribution is 2.24. The highest BCUT2D eigenvalue weighted by Gasteiger charge is 2.11. The third-order valence-corrected chi connectivity index (χ3v) is 2.72. The van der Waals surface area contributed by atoms with E-state index in [4.69, 9.17) is 11.6 Å². The molecule has 0 bridgehead atoms. The smallest absolute Gasteiger partial charge is 0.292 e. The lowest BCUT2D eigenvalue weighted by atomic mass is 10.2. The number of hydrogen-bond acceptors (Lipinski definition) is 3. The number of nitrogens with zero attached hydrogens (tertiary/aromatic N) is 1. The first-order valence-electron chi connectivity index (χ1n) is 5.48. The maximum Gasteiger partial charge on any atom is 0.292 e. The summed E-state index contributed by atoms with van der Waals surface area (Å²) in [6, 6.07) is 10.4. The Labute approximate surface area is 114 Å². The van der Waals surface area contributed by atoms with Gasteiger partial charge in [0.05, 0.1) is 4.92 Å². The average Bonchev–Trinajstić information content (AvgIpc) is 2.35. The number of nitro groups is 1. The van der Waals surface area contributed by atoms with Crippen LogP contribution in [0.5, 0.6) is 0 Å². The fraction of sp³-hybridized carbons (Fsp3) is 0.0769. The van der Waals surface area contributed by atoms with Crippen LogP contribution in [0.15, 0.2) is 42.5 Å². The Kier molecular flexibility index (Phi) is 3.97. The lowest BCUT2D eigenvalue weighted by Gasteiger charge is -2.07. The summed E-state index contributed by atoms with van der Waals surface area (Å²) in [6.07, 6.45) is 0. The van der Waals surface area contributed by atoms with Crippen molar-refractivity contribution in [1.29, 1.82) is 0 Å². The summed E-state index contributed by atoms with van der Waals surface area (Å²) >= 11 is 5.74. The number of anilines is 1. The minimum atomic E-state index is -0.471. The van der Waals surface area contributed by atoms with Crippen molar-refractivity contribution in [1.82, 2.24) is 0 Å². The van der Waals surface area contributed by atoms with Crippen LogP contribution in [0.3, 0.4) is 0 Å². The SMILES string of the molecule is O=[N+]([O-])c1ccccc1NCc1cc(F)cc(Cl)c1. The zero-order chi connectivity index (χ0) is 13.8. The zero-order valence-electron chi connectivity index (χ0n) is 9.77. The molecule has 2 aromatic carbocycles. The standard InChI is InChI=1S/C13H10ClFN2O2/c14-10-5-9(6-11(15)7-10)8-16-12-3-1-2-4-13(12)17(18)19/h1-7,16H,8H2. The van der Waals surface area contributed by atoms with E-state index < -0.39 is 10.7 Å². The Bertz CT molecular complexity index is 599. The van der Waals surface area contributed by atoms with Gasteiger partial charge in [0.15, 0.2) is 0 Å². The molecule has 0 spiro atoms. The van der Waals surface area contributed by atoms with Gasteiger partial charge < -0.3 is 5.32 Å². The van der Waals surface area contributed by atoms with Crippen LogP contribution in [0.25, 0.3) is 0 Å². The molecule has 0 aliphatic heterocycles. The quantitative estimate of drug-likeness (QED) is 0.680. The van der Waals surface area contributed by atoms with Crippen LogP contribution >= 0.6 is 11.6 Å². The summed E-state index contributed by atoms with van der Waals surface area (Å²) in [6.45, 7) is 0.252. The Hall–Kier alpha value is -2.14. The maximum atomic E-state index is 13.1. The molecule has 0 atom stereocenters. The van der Waals surface area contributed by atoms with Gasteiger partial charge in [-0.3, -0.25) is 10.1 Å². The average molecular weight is 281 g/mol. The van der Waals surface area contributed by atoms with Gasteiger partial charge in [0.2, 0.25) is 0 Å². The molecule has 0 saturated heterocycles. The molecule has 0 radical (unpaired) electrons. The molecule has 0 aromatic heterocycles. The third-order valence-electron chi connectivity index (χ3n) is 2.51. The normalized spacial score (nSPS) is 10.2. The predicted molar refractivity (Wildman–Crippen MR) is 71.8 cm³/mol. The maximum absolute atomic E-state index is 13.1. The number of hydrogen-bond donors (Lipinski definition) is 1. The number of nitrogens with one attached hydrogen (secondary N) is 1. The lowest BCUT2D eigenvalue weighted by molar-refractivity contribution is -0.384. The summed E-state index contributed by atoms with van der Waals surface area (Å²) in [5.74, 6) is -0.438. The van der Waals surface area contributed by atoms with Gasteiger partial charge in [-0.25, -0.2) is 4.39 Å². The van der Waals surface area contributed by atoms with Gasteiger partial charge in [-0.15, -0.1) is 0 Å². The van der Waals surface area contributed by atoms with E-state index in [0.29, 0.717) is 16.3 Å². The molecule has 4 nitrogen and oxygen atoms in total. The van der Waals surface area contributed by atoms with Gasteiger partial charge in [0.25, 0.3) is 5.69 Å². The molecule has 0 fully saturated rings. The molecule has 0 aliphatic rings. The third kappa shape index (κ3) is 3.42. The second-order valence-electron chi connectivity index (χ2n) is 3.91. The molecular weight excluding hydrogens is 271 g/mol. The number of para-hydroxylation sites is 2. The summed E-state index contributed by atoms with van der Waals surface area (Å²) in [7, 11) is 0. The van der Waals surface area contributed by atoms with Crippen molar-refractivity contribution in [2.75, 3.05) is 5.32 Å². The fourth-order valence-corrected chi connectivity index (χ4v) is 1.94. The van der Waals surface area contributed by atoms with Crippen LogP contribution in [-0.4, -0.2) is 4.92 Å². The number of halogens is 2. The first-order valence-corrected chi connectivity index (χ1v) is 5.86. The minimum absolute atomic E-state index is 0.0231. The van der Waals surface area contributed by atoms with E-state index in [0.717, 1.165) is 0 Å². The molecule has 0 saturated carbocycles. The monoisotopic (exact) mass is 280 g/mol. The van der Waals surface area contributed by atoms with Gasteiger partial charge in [0.1, 0.15) is 11.5 Å². The van der Waals surface area contributed by atoms with Crippen molar-refractivity contribution in [2.45, 2.75) is 6.54 Å². The second kappa shape index (κ2) is 5.67. The Morgan fingerprint density at radius 3 is 2.68 bits per heavy atom. The largest absolute Gasteiger partial charge is 0.375 e. The van der Waals surface area contributed by atoms with E-state index >= 15 is 0 Å². The van der Waals surface area contributed by atoms with E-state index in [1.807, 2.05) is 0 Å². The van der Waals surface area contributed by atoms with Crippen molar-refractivity contribution in [3.8, 4) is 0 Å². The van der Waals surface area contributed by atoms with Gasteiger partial charge in [-0.05, 0) is 29.8 Å². The first kappa shape index (κ1) is 13.3. The topological polar surface area (TPSA) is 55.2 Å². The molecule has 0 aliphatic carbocycles. The molecule has 2 aromatic rings. The van der Waals surface area contributed by atoms with Crippen LogP contribution < -0.4 is 5.32 Å². The van der Waals surface area contributed by atoms with Crippen molar-refractivity contribution in [3.63, 3.8) is 0 Å². The van der Waals surface area contributed by atoms with Crippen LogP contribution in [0.1, 0.15) is 5.56 Å². The highest BCUT2D eigenvalue weighted by molar-refractivity contribution is 6.30. The summed E-state index contributed by atoms with van der Waals surface area (Å²) in [5, 5.41) is 14.0. The summed E-state index contributed by atoms with van der Waals surface area (Å²) < 4.78 is 13.1. The minimum Gasteiger partial charge on any atom is -0.375 e. The lowest BCUT2D eigenvalue weighted by Crippen LogP contribution is -2.02. The van der Waals surface area contributed by atoms with Crippen molar-refractivity contribution in [3.05, 3.63) is 69.0 Å². The van der Waals surface area contributed by atoms with E-state index in [9.17, 15) is 14.5 Å². The molecule has 0 unspecified atom stereocenters. The van der Waals surface area contributed by atoms with Gasteiger partial charge >= 0.3 is 0 Å². The van der Waals surface area contributed by atoms with Crippen LogP contribution in [-0.2, 0) is 6.54 Å². The molecule has 1 N–H and O–H groups in total. The predicted octanol–water partition coefficient (Wildman–Crippen LogP) is 4.00. The molecular formula is C13H10ClFN2O2. The highest BCUT2D eigenvalue weighted by atomic mass is 35.5. The molecule has 2 rings (SSSR count). The first-order chi connectivity index (χ1) is 9.06. The number of benzene rings is 2. The second-order valence-corrected chi connectivity index (χ2v) is 4.34. The summed E-state index contributed by atoms with van der Waals surface area (Å²) in [4.78, 5) is 10.4. The van der Waals surface area contributed by atoms with Gasteiger partial charge in [-0.1, -0.05) is 23.7 Å². The molecule has 19 heavy (non-hydrogen) atoms. The Morgan fingerprint density at radius 1 is 1.26 bits per heavy atom. The van der Waals surface area contributed by atoms with Crippen molar-refractivity contribution >= 4 is 23.0 Å². The van der Waals surface area contributed by atoms with Crippen LogP contribution in [0, 0.1) is 15.9 Å². The van der Waals surface area contributed by atoms with Gasteiger partial charge in [-0.2, -0.15) is 0 Å². The van der Waals surface area contributed by atoms with E-state index in [1.165, 1.54) is 18.2 Å². The molecule has 0 heterocycles. The van der Waals surface area contributed by atoms with E-state index in [1.54, 1.807) is 24.3 Å². The van der Waals surface area contributed by atoms with E-state index in [2.05, 4.69) is 5.32 Å². The number of nitro benzene ring substituents is 1. The van der Waals surface area contributed by atoms with Crippen LogP contribution in [0.4, 0.5) is 15.8 Å². The van der Waals surface area contributed by atoms with E-state index in [-0.39, 0.29) is 12.2 Å². The van der Waals surface area contributed by atoms with Crippen LogP contribution in [0.2, 0.25) is 5.02 Å². The Balaban J connectivity index is 2.16. The van der Waals surface area contributed by atoms with Crippen molar-refractivity contribution < 1.29 is 9.31 Å². The summed E-state index contributed by atoms with van der Waals surface area (Å²) in [5.41, 5.74) is 0.973. The fourth-order valence-electron chi connectivity index (χ4n) is 1.69. The molecule has 6 heteroatoms. The zero-order valence-corrected chi connectivity index (χ0v) is 10.5. The molecule has 0 amide bonds. The number of rotatable bonds is 4. The Morgan fingerprint density at radius 2 is 2.00 bits per heavy atom. The van der Waals surface area contributed by atoms with Crippen molar-refractivity contribution in [2.24, 2.45) is 0 Å². The molecule has 98 valence electrons.